The zero-order valence-electron chi connectivity index (χ0n) is 17.4. The van der Waals surface area contributed by atoms with Gasteiger partial charge in [0.1, 0.15) is 16.8 Å². The fraction of sp³-hybridized carbons (Fsp3) is 0.0870. The second-order valence-electron chi connectivity index (χ2n) is 6.98. The van der Waals surface area contributed by atoms with Crippen LogP contribution in [0.2, 0.25) is 0 Å². The first-order valence-corrected chi connectivity index (χ1v) is 10.8. The fourth-order valence-electron chi connectivity index (χ4n) is 3.09. The summed E-state index contributed by atoms with van der Waals surface area (Å²) in [7, 11) is 0. The van der Waals surface area contributed by atoms with Crippen LogP contribution in [0, 0.1) is 5.82 Å². The number of benzene rings is 3. The standard InChI is InChI=1S/C23H18F3N5O2S/c24-16-8-10-17(11-9-16)28-21(32)19(14-4-2-1-3-5-14)34-23-30-29-20(31(23)27)15-6-12-18(13-7-15)33-22(25)26/h1-13,19,22H,27H2,(H,28,32). The van der Waals surface area contributed by atoms with Crippen LogP contribution in [0.3, 0.4) is 0 Å². The molecule has 34 heavy (non-hydrogen) atoms. The largest absolute Gasteiger partial charge is 0.435 e. The van der Waals surface area contributed by atoms with Gasteiger partial charge in [-0.2, -0.15) is 8.78 Å². The third kappa shape index (κ3) is 5.49. The van der Waals surface area contributed by atoms with Crippen molar-refractivity contribution in [3.05, 3.63) is 90.2 Å². The second-order valence-corrected chi connectivity index (χ2v) is 8.06. The molecule has 0 spiro atoms. The van der Waals surface area contributed by atoms with E-state index in [2.05, 4.69) is 20.3 Å². The molecule has 0 fully saturated rings. The molecule has 11 heteroatoms. The lowest BCUT2D eigenvalue weighted by atomic mass is 10.1. The average molecular weight is 485 g/mol. The molecule has 0 radical (unpaired) electrons. The number of carbonyl (C=O) groups is 1. The number of thioether (sulfide) groups is 1. The Morgan fingerprint density at radius 3 is 2.29 bits per heavy atom. The number of halogens is 3. The maximum atomic E-state index is 13.2. The van der Waals surface area contributed by atoms with E-state index in [4.69, 9.17) is 5.84 Å². The molecule has 0 bridgehead atoms. The summed E-state index contributed by atoms with van der Waals surface area (Å²) in [5.41, 5.74) is 1.66. The van der Waals surface area contributed by atoms with Crippen LogP contribution in [0.5, 0.6) is 5.75 Å². The molecular weight excluding hydrogens is 467 g/mol. The summed E-state index contributed by atoms with van der Waals surface area (Å²) in [5, 5.41) is 10.5. The van der Waals surface area contributed by atoms with Crippen LogP contribution < -0.4 is 15.9 Å². The molecule has 0 saturated heterocycles. The number of hydrogen-bond acceptors (Lipinski definition) is 6. The number of nitrogen functional groups attached to an aromatic ring is 1. The average Bonchev–Trinajstić information content (AvgIpc) is 3.19. The molecule has 3 aromatic carbocycles. The topological polar surface area (TPSA) is 95.1 Å². The normalized spacial score (nSPS) is 11.9. The van der Waals surface area contributed by atoms with Crippen molar-refractivity contribution in [1.29, 1.82) is 0 Å². The molecule has 1 atom stereocenters. The Labute approximate surface area is 196 Å². The number of anilines is 1. The predicted molar refractivity (Wildman–Crippen MR) is 122 cm³/mol. The van der Waals surface area contributed by atoms with Crippen molar-refractivity contribution in [2.75, 3.05) is 11.2 Å². The summed E-state index contributed by atoms with van der Waals surface area (Å²) in [6.07, 6.45) is 0. The van der Waals surface area contributed by atoms with Crippen molar-refractivity contribution >= 4 is 23.4 Å². The molecule has 0 aliphatic heterocycles. The van der Waals surface area contributed by atoms with Crippen LogP contribution in [-0.4, -0.2) is 27.4 Å². The highest BCUT2D eigenvalue weighted by atomic mass is 32.2. The number of nitrogens with two attached hydrogens (primary N) is 1. The molecule has 0 saturated carbocycles. The summed E-state index contributed by atoms with van der Waals surface area (Å²) in [4.78, 5) is 13.1. The number of amides is 1. The van der Waals surface area contributed by atoms with Gasteiger partial charge < -0.3 is 15.9 Å². The lowest BCUT2D eigenvalue weighted by Gasteiger charge is -2.16. The van der Waals surface area contributed by atoms with Gasteiger partial charge in [0.25, 0.3) is 0 Å². The van der Waals surface area contributed by atoms with Crippen molar-refractivity contribution in [2.24, 2.45) is 0 Å². The molecular formula is C23H18F3N5O2S. The number of nitrogens with one attached hydrogen (secondary N) is 1. The van der Waals surface area contributed by atoms with E-state index >= 15 is 0 Å². The fourth-order valence-corrected chi connectivity index (χ4v) is 4.04. The van der Waals surface area contributed by atoms with Crippen LogP contribution in [0.4, 0.5) is 18.9 Å². The van der Waals surface area contributed by atoms with Gasteiger partial charge >= 0.3 is 6.61 Å². The molecule has 3 N–H and O–H groups in total. The van der Waals surface area contributed by atoms with Gasteiger partial charge in [0.15, 0.2) is 5.82 Å². The minimum Gasteiger partial charge on any atom is -0.435 e. The first kappa shape index (κ1) is 23.2. The zero-order chi connectivity index (χ0) is 24.1. The van der Waals surface area contributed by atoms with Gasteiger partial charge in [-0.3, -0.25) is 4.79 Å². The highest BCUT2D eigenvalue weighted by Crippen LogP contribution is 2.36. The second kappa shape index (κ2) is 10.3. The van der Waals surface area contributed by atoms with Gasteiger partial charge in [0.05, 0.1) is 0 Å². The Balaban J connectivity index is 1.57. The third-order valence-electron chi connectivity index (χ3n) is 4.68. The number of nitrogens with zero attached hydrogens (tertiary/aromatic N) is 3. The van der Waals surface area contributed by atoms with Crippen molar-refractivity contribution in [3.8, 4) is 17.1 Å². The van der Waals surface area contributed by atoms with E-state index in [1.807, 2.05) is 6.07 Å². The highest BCUT2D eigenvalue weighted by Gasteiger charge is 2.26. The Morgan fingerprint density at radius 1 is 0.971 bits per heavy atom. The van der Waals surface area contributed by atoms with E-state index in [0.717, 1.165) is 11.8 Å². The van der Waals surface area contributed by atoms with Crippen molar-refractivity contribution in [3.63, 3.8) is 0 Å². The van der Waals surface area contributed by atoms with E-state index in [1.54, 1.807) is 24.3 Å². The van der Waals surface area contributed by atoms with E-state index in [1.165, 1.54) is 53.2 Å². The number of carbonyl (C=O) groups excluding carboxylic acids is 1. The number of alkyl halides is 2. The minimum absolute atomic E-state index is 0.00181. The number of aromatic nitrogens is 3. The molecule has 0 aliphatic rings. The molecule has 1 heterocycles. The first-order chi connectivity index (χ1) is 16.4. The molecule has 7 nitrogen and oxygen atoms in total. The quantitative estimate of drug-likeness (QED) is 0.273. The summed E-state index contributed by atoms with van der Waals surface area (Å²) in [6.45, 7) is -2.93. The molecule has 174 valence electrons. The molecule has 1 unspecified atom stereocenters. The molecule has 0 aliphatic carbocycles. The summed E-state index contributed by atoms with van der Waals surface area (Å²) >= 11 is 1.08. The number of rotatable bonds is 8. The molecule has 1 amide bonds. The third-order valence-corrected chi connectivity index (χ3v) is 5.89. The van der Waals surface area contributed by atoms with Crippen LogP contribution in [0.15, 0.2) is 84.0 Å². The van der Waals surface area contributed by atoms with Crippen LogP contribution in [0.25, 0.3) is 11.4 Å². The predicted octanol–water partition coefficient (Wildman–Crippen LogP) is 4.87. The number of ether oxygens (including phenoxy) is 1. The maximum Gasteiger partial charge on any atom is 0.387 e. The van der Waals surface area contributed by atoms with Gasteiger partial charge in [-0.15, -0.1) is 10.2 Å². The summed E-state index contributed by atoms with van der Waals surface area (Å²) in [5.74, 6) is 5.70. The van der Waals surface area contributed by atoms with Gasteiger partial charge in [-0.25, -0.2) is 9.07 Å². The van der Waals surface area contributed by atoms with E-state index in [0.29, 0.717) is 16.8 Å². The molecule has 4 rings (SSSR count). The number of hydrogen-bond donors (Lipinski definition) is 2. The van der Waals surface area contributed by atoms with Crippen molar-refractivity contribution in [1.82, 2.24) is 14.9 Å². The lowest BCUT2D eigenvalue weighted by Crippen LogP contribution is -2.20. The lowest BCUT2D eigenvalue weighted by molar-refractivity contribution is -0.115. The van der Waals surface area contributed by atoms with Crippen LogP contribution in [-0.2, 0) is 4.79 Å². The Morgan fingerprint density at radius 2 is 1.65 bits per heavy atom. The van der Waals surface area contributed by atoms with E-state index < -0.39 is 17.7 Å². The first-order valence-electron chi connectivity index (χ1n) is 9.94. The minimum atomic E-state index is -2.93. The highest BCUT2D eigenvalue weighted by molar-refractivity contribution is 8.00. The van der Waals surface area contributed by atoms with Gasteiger partial charge in [0, 0.05) is 11.3 Å². The Bertz CT molecular complexity index is 1250. The molecule has 1 aromatic heterocycles. The van der Waals surface area contributed by atoms with Crippen LogP contribution in [0.1, 0.15) is 10.8 Å². The van der Waals surface area contributed by atoms with E-state index in [9.17, 15) is 18.0 Å². The zero-order valence-corrected chi connectivity index (χ0v) is 18.3. The van der Waals surface area contributed by atoms with Gasteiger partial charge in [-0.05, 0) is 54.1 Å². The Hall–Kier alpha value is -3.99. The maximum absolute atomic E-state index is 13.2. The monoisotopic (exact) mass is 485 g/mol. The van der Waals surface area contributed by atoms with Gasteiger partial charge in [0.2, 0.25) is 11.1 Å². The van der Waals surface area contributed by atoms with Crippen LogP contribution >= 0.6 is 11.8 Å². The Kier molecular flexibility index (Phi) is 7.02. The van der Waals surface area contributed by atoms with Gasteiger partial charge in [-0.1, -0.05) is 42.1 Å². The van der Waals surface area contributed by atoms with E-state index in [-0.39, 0.29) is 22.6 Å². The smallest absolute Gasteiger partial charge is 0.387 e. The summed E-state index contributed by atoms with van der Waals surface area (Å²) in [6, 6.07) is 20.2. The summed E-state index contributed by atoms with van der Waals surface area (Å²) < 4.78 is 43.5. The SMILES string of the molecule is Nn1c(SC(C(=O)Nc2ccc(F)cc2)c2ccccc2)nnc1-c1ccc(OC(F)F)cc1. The molecule has 4 aromatic rings. The van der Waals surface area contributed by atoms with Crippen molar-refractivity contribution in [2.45, 2.75) is 17.0 Å². The van der Waals surface area contributed by atoms with Crippen molar-refractivity contribution < 1.29 is 22.7 Å².